The van der Waals surface area contributed by atoms with Gasteiger partial charge in [-0.2, -0.15) is 11.3 Å². The van der Waals surface area contributed by atoms with Crippen LogP contribution < -0.4 is 4.90 Å². The Morgan fingerprint density at radius 1 is 1.22 bits per heavy atom. The van der Waals surface area contributed by atoms with Crippen LogP contribution in [0.25, 0.3) is 0 Å². The van der Waals surface area contributed by atoms with Crippen LogP contribution in [0.2, 0.25) is 5.02 Å². The van der Waals surface area contributed by atoms with Gasteiger partial charge >= 0.3 is 0 Å². The maximum Gasteiger partial charge on any atom is 0.232 e. The SMILES string of the molecule is CC1(C)CC(=O)C2=C(C1)N(c1ccc(Br)cc1Cl)C(=O)C[C@H]2c1ccsc1. The van der Waals surface area contributed by atoms with Crippen molar-refractivity contribution in [3.05, 3.63) is 61.4 Å². The van der Waals surface area contributed by atoms with Gasteiger partial charge in [0.05, 0.1) is 10.7 Å². The van der Waals surface area contributed by atoms with Crippen LogP contribution in [-0.4, -0.2) is 11.7 Å². The van der Waals surface area contributed by atoms with Crippen molar-refractivity contribution >= 4 is 56.2 Å². The second kappa shape index (κ2) is 6.87. The van der Waals surface area contributed by atoms with Gasteiger partial charge in [-0.1, -0.05) is 41.4 Å². The number of allylic oxidation sites excluding steroid dienone is 2. The van der Waals surface area contributed by atoms with Gasteiger partial charge in [0.15, 0.2) is 5.78 Å². The molecule has 4 rings (SSSR count). The predicted molar refractivity (Wildman–Crippen MR) is 113 cm³/mol. The molecule has 0 fully saturated rings. The maximum absolute atomic E-state index is 13.2. The zero-order valence-corrected chi connectivity index (χ0v) is 18.2. The summed E-state index contributed by atoms with van der Waals surface area (Å²) in [6, 6.07) is 7.51. The molecule has 3 nitrogen and oxygen atoms in total. The normalized spacial score (nSPS) is 22.2. The average molecular weight is 465 g/mol. The quantitative estimate of drug-likeness (QED) is 0.521. The lowest BCUT2D eigenvalue weighted by atomic mass is 9.69. The van der Waals surface area contributed by atoms with Crippen molar-refractivity contribution in [3.63, 3.8) is 0 Å². The van der Waals surface area contributed by atoms with E-state index in [1.165, 1.54) is 0 Å². The summed E-state index contributed by atoms with van der Waals surface area (Å²) in [6.45, 7) is 4.16. The summed E-state index contributed by atoms with van der Waals surface area (Å²) in [6.07, 6.45) is 1.46. The molecule has 0 bridgehead atoms. The number of thiophene rings is 1. The van der Waals surface area contributed by atoms with Gasteiger partial charge in [0, 0.05) is 34.5 Å². The first-order valence-corrected chi connectivity index (χ1v) is 10.9. The number of hydrogen-bond acceptors (Lipinski definition) is 3. The summed E-state index contributed by atoms with van der Waals surface area (Å²) in [5.41, 5.74) is 3.11. The minimum absolute atomic E-state index is 0.0142. The van der Waals surface area contributed by atoms with E-state index in [0.717, 1.165) is 21.3 Å². The largest absolute Gasteiger partial charge is 0.294 e. The van der Waals surface area contributed by atoms with Crippen molar-refractivity contribution < 1.29 is 9.59 Å². The summed E-state index contributed by atoms with van der Waals surface area (Å²) in [5, 5.41) is 4.53. The molecule has 27 heavy (non-hydrogen) atoms. The number of ketones is 1. The van der Waals surface area contributed by atoms with Crippen LogP contribution in [-0.2, 0) is 9.59 Å². The molecule has 1 aromatic heterocycles. The fraction of sp³-hybridized carbons (Fsp3) is 0.333. The lowest BCUT2D eigenvalue weighted by Crippen LogP contribution is -2.43. The van der Waals surface area contributed by atoms with E-state index in [1.807, 2.05) is 29.0 Å². The molecule has 1 aromatic carbocycles. The summed E-state index contributed by atoms with van der Waals surface area (Å²) >= 11 is 11.5. The number of nitrogens with zero attached hydrogens (tertiary/aromatic N) is 1. The van der Waals surface area contributed by atoms with Crippen LogP contribution in [0.3, 0.4) is 0 Å². The lowest BCUT2D eigenvalue weighted by molar-refractivity contribution is -0.121. The number of amides is 1. The van der Waals surface area contributed by atoms with Crippen LogP contribution >= 0.6 is 38.9 Å². The Bertz CT molecular complexity index is 965. The van der Waals surface area contributed by atoms with Gasteiger partial charge < -0.3 is 0 Å². The molecule has 0 saturated carbocycles. The van der Waals surface area contributed by atoms with E-state index in [1.54, 1.807) is 22.3 Å². The van der Waals surface area contributed by atoms with Gasteiger partial charge in [-0.25, -0.2) is 0 Å². The standard InChI is InChI=1S/C21H19BrClNO2S/c1-21(2)9-17-20(18(25)10-21)14(12-5-6-27-11-12)8-19(26)24(17)16-4-3-13(22)7-15(16)23/h3-7,11,14H,8-10H2,1-2H3/t14-/m0/s1. The number of rotatable bonds is 2. The summed E-state index contributed by atoms with van der Waals surface area (Å²) in [4.78, 5) is 28.0. The van der Waals surface area contributed by atoms with E-state index in [-0.39, 0.29) is 29.4 Å². The van der Waals surface area contributed by atoms with E-state index in [9.17, 15) is 9.59 Å². The number of halogens is 2. The highest BCUT2D eigenvalue weighted by Crippen LogP contribution is 2.49. The van der Waals surface area contributed by atoms with Crippen molar-refractivity contribution in [1.82, 2.24) is 0 Å². The first kappa shape index (κ1) is 18.9. The molecule has 0 unspecified atom stereocenters. The van der Waals surface area contributed by atoms with E-state index < -0.39 is 0 Å². The molecule has 1 atom stereocenters. The summed E-state index contributed by atoms with van der Waals surface area (Å²) in [5.74, 6) is -0.0318. The smallest absolute Gasteiger partial charge is 0.232 e. The predicted octanol–water partition coefficient (Wildman–Crippen LogP) is 6.33. The van der Waals surface area contributed by atoms with Crippen molar-refractivity contribution in [2.45, 2.75) is 39.0 Å². The second-order valence-electron chi connectivity index (χ2n) is 7.94. The Morgan fingerprint density at radius 3 is 2.67 bits per heavy atom. The fourth-order valence-electron chi connectivity index (χ4n) is 4.12. The third-order valence-electron chi connectivity index (χ3n) is 5.24. The molecule has 2 heterocycles. The Balaban J connectivity index is 1.92. The Labute approximate surface area is 176 Å². The van der Waals surface area contributed by atoms with Crippen molar-refractivity contribution in [2.75, 3.05) is 4.90 Å². The number of carbonyl (C=O) groups is 2. The molecule has 1 amide bonds. The summed E-state index contributed by atoms with van der Waals surface area (Å²) in [7, 11) is 0. The highest BCUT2D eigenvalue weighted by atomic mass is 79.9. The highest BCUT2D eigenvalue weighted by molar-refractivity contribution is 9.10. The van der Waals surface area contributed by atoms with E-state index in [2.05, 4.69) is 29.8 Å². The third-order valence-corrected chi connectivity index (χ3v) is 6.74. The fourth-order valence-corrected chi connectivity index (χ4v) is 5.59. The van der Waals surface area contributed by atoms with Gasteiger partial charge in [-0.05, 0) is 52.4 Å². The van der Waals surface area contributed by atoms with Gasteiger partial charge in [-0.3, -0.25) is 14.5 Å². The number of Topliss-reactive ketones (excluding diaryl/α,β-unsaturated/α-hetero) is 1. The van der Waals surface area contributed by atoms with Gasteiger partial charge in [0.2, 0.25) is 5.91 Å². The van der Waals surface area contributed by atoms with Crippen molar-refractivity contribution in [3.8, 4) is 0 Å². The number of carbonyl (C=O) groups excluding carboxylic acids is 2. The molecule has 1 aliphatic heterocycles. The minimum atomic E-state index is -0.188. The minimum Gasteiger partial charge on any atom is -0.294 e. The van der Waals surface area contributed by atoms with Crippen molar-refractivity contribution in [2.24, 2.45) is 5.41 Å². The first-order valence-electron chi connectivity index (χ1n) is 8.83. The first-order chi connectivity index (χ1) is 12.8. The monoisotopic (exact) mass is 463 g/mol. The van der Waals surface area contributed by atoms with Crippen LogP contribution in [0, 0.1) is 5.41 Å². The molecule has 2 aromatic rings. The second-order valence-corrected chi connectivity index (χ2v) is 10.0. The molecule has 2 aliphatic rings. The number of benzene rings is 1. The molecule has 6 heteroatoms. The maximum atomic E-state index is 13.2. The van der Waals surface area contributed by atoms with Crippen LogP contribution in [0.1, 0.15) is 44.6 Å². The zero-order chi connectivity index (χ0) is 19.3. The zero-order valence-electron chi connectivity index (χ0n) is 15.1. The molecule has 0 N–H and O–H groups in total. The van der Waals surface area contributed by atoms with Gasteiger partial charge in [-0.15, -0.1) is 0 Å². The van der Waals surface area contributed by atoms with Crippen molar-refractivity contribution in [1.29, 1.82) is 0 Å². The highest BCUT2D eigenvalue weighted by Gasteiger charge is 2.44. The molecular formula is C21H19BrClNO2S. The average Bonchev–Trinajstić information content (AvgIpc) is 3.08. The molecular weight excluding hydrogens is 446 g/mol. The molecule has 0 radical (unpaired) electrons. The molecule has 0 spiro atoms. The topological polar surface area (TPSA) is 37.4 Å². The Hall–Kier alpha value is -1.43. The van der Waals surface area contributed by atoms with Crippen LogP contribution in [0.15, 0.2) is 50.8 Å². The number of anilines is 1. The lowest BCUT2D eigenvalue weighted by Gasteiger charge is -2.43. The van der Waals surface area contributed by atoms with Gasteiger partial charge in [0.25, 0.3) is 0 Å². The molecule has 0 saturated heterocycles. The Morgan fingerprint density at radius 2 is 2.00 bits per heavy atom. The summed E-state index contributed by atoms with van der Waals surface area (Å²) < 4.78 is 0.853. The van der Waals surface area contributed by atoms with Gasteiger partial charge in [0.1, 0.15) is 0 Å². The van der Waals surface area contributed by atoms with Crippen LogP contribution in [0.4, 0.5) is 5.69 Å². The number of hydrogen-bond donors (Lipinski definition) is 0. The molecule has 1 aliphatic carbocycles. The van der Waals surface area contributed by atoms with E-state index >= 15 is 0 Å². The van der Waals surface area contributed by atoms with E-state index in [4.69, 9.17) is 11.6 Å². The van der Waals surface area contributed by atoms with E-state index in [0.29, 0.717) is 23.6 Å². The third kappa shape index (κ3) is 3.41. The Kier molecular flexibility index (Phi) is 4.81. The molecule has 140 valence electrons. The van der Waals surface area contributed by atoms with Crippen LogP contribution in [0.5, 0.6) is 0 Å².